The fourth-order valence-electron chi connectivity index (χ4n) is 2.29. The van der Waals surface area contributed by atoms with E-state index in [2.05, 4.69) is 43.3 Å². The molecule has 2 aliphatic rings. The van der Waals surface area contributed by atoms with E-state index < -0.39 is 0 Å². The predicted molar refractivity (Wildman–Crippen MR) is 50.9 cm³/mol. The second kappa shape index (κ2) is 1.82. The van der Waals surface area contributed by atoms with Crippen molar-refractivity contribution in [2.45, 2.75) is 19.3 Å². The zero-order valence-corrected chi connectivity index (χ0v) is 7.25. The SMILES string of the molecule is CC12C=Cc3ccccc3C1C2. The molecule has 0 aliphatic heterocycles. The van der Waals surface area contributed by atoms with Gasteiger partial charge in [-0.3, -0.25) is 0 Å². The molecule has 0 radical (unpaired) electrons. The summed E-state index contributed by atoms with van der Waals surface area (Å²) in [5.74, 6) is 0.818. The lowest BCUT2D eigenvalue weighted by molar-refractivity contribution is 0.706. The normalized spacial score (nSPS) is 35.6. The van der Waals surface area contributed by atoms with Crippen molar-refractivity contribution in [1.29, 1.82) is 0 Å². The Bertz CT molecular complexity index is 362. The summed E-state index contributed by atoms with van der Waals surface area (Å²) in [6, 6.07) is 8.75. The topological polar surface area (TPSA) is 0 Å². The van der Waals surface area contributed by atoms with Gasteiger partial charge in [0.05, 0.1) is 0 Å². The highest BCUT2D eigenvalue weighted by molar-refractivity contribution is 5.62. The lowest BCUT2D eigenvalue weighted by atomic mass is 9.91. The lowest BCUT2D eigenvalue weighted by Gasteiger charge is -2.13. The van der Waals surface area contributed by atoms with Gasteiger partial charge in [0.15, 0.2) is 0 Å². The molecule has 2 aliphatic carbocycles. The van der Waals surface area contributed by atoms with Crippen LogP contribution in [-0.4, -0.2) is 0 Å². The third-order valence-electron chi connectivity index (χ3n) is 3.29. The zero-order valence-electron chi connectivity index (χ0n) is 7.25. The summed E-state index contributed by atoms with van der Waals surface area (Å²) in [5.41, 5.74) is 3.49. The third-order valence-corrected chi connectivity index (χ3v) is 3.29. The molecule has 0 nitrogen and oxygen atoms in total. The Morgan fingerprint density at radius 2 is 2.17 bits per heavy atom. The van der Waals surface area contributed by atoms with Crippen LogP contribution in [0, 0.1) is 5.41 Å². The van der Waals surface area contributed by atoms with E-state index in [1.165, 1.54) is 12.0 Å². The Balaban J connectivity index is 2.21. The molecule has 0 heteroatoms. The molecule has 1 aromatic rings. The highest BCUT2D eigenvalue weighted by atomic mass is 14.5. The number of fused-ring (bicyclic) bond motifs is 3. The maximum Gasteiger partial charge on any atom is -0.00587 e. The minimum Gasteiger partial charge on any atom is -0.0773 e. The lowest BCUT2D eigenvalue weighted by Crippen LogP contribution is -1.99. The van der Waals surface area contributed by atoms with Gasteiger partial charge in [-0.05, 0) is 28.9 Å². The van der Waals surface area contributed by atoms with Crippen molar-refractivity contribution in [3.05, 3.63) is 41.5 Å². The Labute approximate surface area is 72.9 Å². The number of hydrogen-bond donors (Lipinski definition) is 0. The summed E-state index contributed by atoms with van der Waals surface area (Å²) in [4.78, 5) is 0. The standard InChI is InChI=1S/C12H12/c1-12-7-6-9-4-2-3-5-10(9)11(12)8-12/h2-7,11H,8H2,1H3. The van der Waals surface area contributed by atoms with Gasteiger partial charge in [-0.1, -0.05) is 43.3 Å². The van der Waals surface area contributed by atoms with Gasteiger partial charge in [0.2, 0.25) is 0 Å². The van der Waals surface area contributed by atoms with Crippen molar-refractivity contribution >= 4 is 6.08 Å². The van der Waals surface area contributed by atoms with Crippen LogP contribution in [0.1, 0.15) is 30.4 Å². The van der Waals surface area contributed by atoms with E-state index in [4.69, 9.17) is 0 Å². The van der Waals surface area contributed by atoms with Gasteiger partial charge in [0.1, 0.15) is 0 Å². The van der Waals surface area contributed by atoms with Crippen LogP contribution in [0.2, 0.25) is 0 Å². The highest BCUT2D eigenvalue weighted by Crippen LogP contribution is 2.62. The smallest absolute Gasteiger partial charge is 0.00587 e. The molecule has 0 heterocycles. The van der Waals surface area contributed by atoms with E-state index in [1.807, 2.05) is 0 Å². The molecule has 0 aromatic heterocycles. The molecule has 1 aromatic carbocycles. The minimum absolute atomic E-state index is 0.508. The van der Waals surface area contributed by atoms with Gasteiger partial charge >= 0.3 is 0 Å². The zero-order chi connectivity index (χ0) is 8.18. The van der Waals surface area contributed by atoms with Crippen LogP contribution in [0.3, 0.4) is 0 Å². The molecule has 3 rings (SSSR count). The number of rotatable bonds is 0. The maximum absolute atomic E-state index is 2.38. The molecule has 0 bridgehead atoms. The Hall–Kier alpha value is -1.04. The van der Waals surface area contributed by atoms with Crippen molar-refractivity contribution in [3.63, 3.8) is 0 Å². The molecule has 1 fully saturated rings. The van der Waals surface area contributed by atoms with E-state index >= 15 is 0 Å². The molecule has 12 heavy (non-hydrogen) atoms. The van der Waals surface area contributed by atoms with Crippen molar-refractivity contribution < 1.29 is 0 Å². The Morgan fingerprint density at radius 3 is 3.08 bits per heavy atom. The van der Waals surface area contributed by atoms with E-state index in [1.54, 1.807) is 5.56 Å². The second-order valence-electron chi connectivity index (χ2n) is 4.22. The van der Waals surface area contributed by atoms with Crippen LogP contribution in [-0.2, 0) is 0 Å². The average molecular weight is 156 g/mol. The molecule has 60 valence electrons. The monoisotopic (exact) mass is 156 g/mol. The van der Waals surface area contributed by atoms with Crippen molar-refractivity contribution in [2.24, 2.45) is 5.41 Å². The first-order valence-electron chi connectivity index (χ1n) is 4.58. The van der Waals surface area contributed by atoms with E-state index in [-0.39, 0.29) is 0 Å². The molecule has 1 saturated carbocycles. The number of hydrogen-bond acceptors (Lipinski definition) is 0. The van der Waals surface area contributed by atoms with E-state index in [0.29, 0.717) is 5.41 Å². The average Bonchev–Trinajstić information content (AvgIpc) is 2.78. The van der Waals surface area contributed by atoms with Crippen LogP contribution < -0.4 is 0 Å². The largest absolute Gasteiger partial charge is 0.0773 e. The van der Waals surface area contributed by atoms with Gasteiger partial charge in [0.25, 0.3) is 0 Å². The van der Waals surface area contributed by atoms with Gasteiger partial charge in [-0.2, -0.15) is 0 Å². The molecule has 0 N–H and O–H groups in total. The summed E-state index contributed by atoms with van der Waals surface area (Å²) in [6.45, 7) is 2.35. The molecule has 2 atom stereocenters. The fourth-order valence-corrected chi connectivity index (χ4v) is 2.29. The summed E-state index contributed by atoms with van der Waals surface area (Å²) in [5, 5.41) is 0. The molecule has 0 spiro atoms. The number of allylic oxidation sites excluding steroid dienone is 1. The number of benzene rings is 1. The van der Waals surface area contributed by atoms with Gasteiger partial charge in [0, 0.05) is 0 Å². The summed E-state index contributed by atoms with van der Waals surface area (Å²) in [6.07, 6.45) is 6.00. The second-order valence-corrected chi connectivity index (χ2v) is 4.22. The first kappa shape index (κ1) is 6.47. The van der Waals surface area contributed by atoms with Crippen molar-refractivity contribution in [2.75, 3.05) is 0 Å². The highest BCUT2D eigenvalue weighted by Gasteiger charge is 2.50. The Kier molecular flexibility index (Phi) is 0.982. The van der Waals surface area contributed by atoms with E-state index in [0.717, 1.165) is 5.92 Å². The summed E-state index contributed by atoms with van der Waals surface area (Å²) in [7, 11) is 0. The van der Waals surface area contributed by atoms with Crippen LogP contribution >= 0.6 is 0 Å². The molecular weight excluding hydrogens is 144 g/mol. The van der Waals surface area contributed by atoms with E-state index in [9.17, 15) is 0 Å². The first-order valence-corrected chi connectivity index (χ1v) is 4.58. The Morgan fingerprint density at radius 1 is 1.33 bits per heavy atom. The van der Waals surface area contributed by atoms with Gasteiger partial charge in [-0.25, -0.2) is 0 Å². The van der Waals surface area contributed by atoms with Crippen LogP contribution in [0.4, 0.5) is 0 Å². The summed E-state index contributed by atoms with van der Waals surface area (Å²) >= 11 is 0. The maximum atomic E-state index is 2.38. The molecule has 0 saturated heterocycles. The van der Waals surface area contributed by atoms with Crippen LogP contribution in [0.5, 0.6) is 0 Å². The molecular formula is C12H12. The fraction of sp³-hybridized carbons (Fsp3) is 0.333. The first-order chi connectivity index (χ1) is 5.80. The van der Waals surface area contributed by atoms with Crippen LogP contribution in [0.15, 0.2) is 30.3 Å². The third kappa shape index (κ3) is 0.677. The van der Waals surface area contributed by atoms with Crippen LogP contribution in [0.25, 0.3) is 6.08 Å². The quantitative estimate of drug-likeness (QED) is 0.541. The summed E-state index contributed by atoms with van der Waals surface area (Å²) < 4.78 is 0. The van der Waals surface area contributed by atoms with Gasteiger partial charge < -0.3 is 0 Å². The van der Waals surface area contributed by atoms with Gasteiger partial charge in [-0.15, -0.1) is 0 Å². The molecule has 2 unspecified atom stereocenters. The molecule has 0 amide bonds. The van der Waals surface area contributed by atoms with Crippen molar-refractivity contribution in [1.82, 2.24) is 0 Å². The minimum atomic E-state index is 0.508. The predicted octanol–water partition coefficient (Wildman–Crippen LogP) is 3.21. The van der Waals surface area contributed by atoms with Crippen molar-refractivity contribution in [3.8, 4) is 0 Å².